The Morgan fingerprint density at radius 2 is 1.68 bits per heavy atom. The molecule has 0 unspecified atom stereocenters. The maximum absolute atomic E-state index is 13.0. The highest BCUT2D eigenvalue weighted by molar-refractivity contribution is 7.89. The molecule has 0 fully saturated rings. The number of rotatable bonds is 11. The summed E-state index contributed by atoms with van der Waals surface area (Å²) >= 11 is 12.0. The van der Waals surface area contributed by atoms with Crippen LogP contribution in [0.15, 0.2) is 51.8 Å². The van der Waals surface area contributed by atoms with Gasteiger partial charge in [-0.15, -0.1) is 5.10 Å². The van der Waals surface area contributed by atoms with Gasteiger partial charge in [-0.3, -0.25) is 10.1 Å². The number of benzene rings is 2. The summed E-state index contributed by atoms with van der Waals surface area (Å²) in [6.07, 6.45) is 0. The number of carbonyl (C=O) groups is 1. The van der Waals surface area contributed by atoms with Crippen LogP contribution in [0, 0.1) is 0 Å². The standard InChI is InChI=1S/C21H22Cl2N4O6S/c1-31-11-9-27(10-12-32-2)34(29,30)16-6-3-14(4-7-16)19(28)24-21-26-25-20(33-21)17-8-5-15(22)13-18(17)23/h3-8,13H,9-12H2,1-2H3,(H,24,26,28). The zero-order valence-electron chi connectivity index (χ0n) is 18.3. The molecule has 182 valence electrons. The minimum absolute atomic E-state index is 0.0358. The molecule has 1 heterocycles. The van der Waals surface area contributed by atoms with Gasteiger partial charge in [0.15, 0.2) is 0 Å². The fourth-order valence-corrected chi connectivity index (χ4v) is 4.78. The average Bonchev–Trinajstić information content (AvgIpc) is 3.27. The number of nitrogens with one attached hydrogen (secondary N) is 1. The number of halogens is 2. The van der Waals surface area contributed by atoms with Gasteiger partial charge in [0, 0.05) is 37.9 Å². The molecule has 10 nitrogen and oxygen atoms in total. The van der Waals surface area contributed by atoms with E-state index in [9.17, 15) is 13.2 Å². The van der Waals surface area contributed by atoms with Crippen LogP contribution in [0.1, 0.15) is 10.4 Å². The van der Waals surface area contributed by atoms with Crippen molar-refractivity contribution in [2.24, 2.45) is 0 Å². The fourth-order valence-electron chi connectivity index (χ4n) is 2.88. The molecule has 0 aliphatic carbocycles. The van der Waals surface area contributed by atoms with Gasteiger partial charge in [-0.05, 0) is 42.5 Å². The van der Waals surface area contributed by atoms with E-state index in [1.165, 1.54) is 48.9 Å². The minimum atomic E-state index is -3.80. The van der Waals surface area contributed by atoms with Gasteiger partial charge in [0.1, 0.15) is 0 Å². The van der Waals surface area contributed by atoms with Crippen LogP contribution >= 0.6 is 23.2 Å². The Balaban J connectivity index is 1.72. The molecule has 0 aliphatic rings. The van der Waals surface area contributed by atoms with Crippen molar-refractivity contribution in [1.29, 1.82) is 0 Å². The monoisotopic (exact) mass is 528 g/mol. The van der Waals surface area contributed by atoms with Crippen molar-refractivity contribution in [3.63, 3.8) is 0 Å². The molecule has 0 saturated heterocycles. The van der Waals surface area contributed by atoms with Crippen LogP contribution in [0.4, 0.5) is 6.01 Å². The topological polar surface area (TPSA) is 124 Å². The highest BCUT2D eigenvalue weighted by Gasteiger charge is 2.24. The molecule has 34 heavy (non-hydrogen) atoms. The van der Waals surface area contributed by atoms with Gasteiger partial charge in [0.05, 0.1) is 28.7 Å². The largest absolute Gasteiger partial charge is 0.403 e. The summed E-state index contributed by atoms with van der Waals surface area (Å²) in [7, 11) is -0.821. The van der Waals surface area contributed by atoms with E-state index in [2.05, 4.69) is 15.5 Å². The second-order valence-electron chi connectivity index (χ2n) is 6.90. The van der Waals surface area contributed by atoms with Crippen molar-refractivity contribution in [2.45, 2.75) is 4.90 Å². The number of nitrogens with zero attached hydrogens (tertiary/aromatic N) is 3. The summed E-state index contributed by atoms with van der Waals surface area (Å²) in [6, 6.07) is 10.1. The number of aromatic nitrogens is 2. The Bertz CT molecular complexity index is 1230. The molecule has 1 aromatic heterocycles. The summed E-state index contributed by atoms with van der Waals surface area (Å²) < 4.78 is 42.6. The quantitative estimate of drug-likeness (QED) is 0.400. The number of ether oxygens (including phenoxy) is 2. The molecular formula is C21H22Cl2N4O6S. The first kappa shape index (κ1) is 26.1. The van der Waals surface area contributed by atoms with E-state index >= 15 is 0 Å². The molecule has 1 amide bonds. The number of amides is 1. The number of carbonyl (C=O) groups excluding carboxylic acids is 1. The van der Waals surface area contributed by atoms with Gasteiger partial charge in [0.25, 0.3) is 11.8 Å². The van der Waals surface area contributed by atoms with Crippen LogP contribution in [0.2, 0.25) is 10.0 Å². The third-order valence-electron chi connectivity index (χ3n) is 4.65. The lowest BCUT2D eigenvalue weighted by molar-refractivity contribution is 0.102. The first-order chi connectivity index (χ1) is 16.3. The van der Waals surface area contributed by atoms with Crippen molar-refractivity contribution >= 4 is 45.1 Å². The Hall–Kier alpha value is -2.54. The van der Waals surface area contributed by atoms with Crippen LogP contribution in [0.5, 0.6) is 0 Å². The molecule has 0 atom stereocenters. The van der Waals surface area contributed by atoms with Gasteiger partial charge in [-0.2, -0.15) is 4.31 Å². The van der Waals surface area contributed by atoms with Crippen LogP contribution < -0.4 is 5.32 Å². The Kier molecular flexibility index (Phi) is 9.00. The second kappa shape index (κ2) is 11.7. The maximum atomic E-state index is 13.0. The van der Waals surface area contributed by atoms with Crippen molar-refractivity contribution in [3.05, 3.63) is 58.1 Å². The summed E-state index contributed by atoms with van der Waals surface area (Å²) in [5.74, 6) is -0.456. The highest BCUT2D eigenvalue weighted by atomic mass is 35.5. The molecule has 0 aliphatic heterocycles. The van der Waals surface area contributed by atoms with Gasteiger partial charge >= 0.3 is 6.01 Å². The summed E-state index contributed by atoms with van der Waals surface area (Å²) in [5, 5.41) is 10.9. The number of sulfonamides is 1. The van der Waals surface area contributed by atoms with E-state index in [0.717, 1.165) is 0 Å². The number of anilines is 1. The molecule has 2 aromatic carbocycles. The third kappa shape index (κ3) is 6.32. The van der Waals surface area contributed by atoms with Gasteiger partial charge in [0.2, 0.25) is 10.0 Å². The molecule has 0 saturated carbocycles. The fraction of sp³-hybridized carbons (Fsp3) is 0.286. The van der Waals surface area contributed by atoms with E-state index in [1.807, 2.05) is 0 Å². The zero-order chi connectivity index (χ0) is 24.7. The van der Waals surface area contributed by atoms with Gasteiger partial charge < -0.3 is 13.9 Å². The van der Waals surface area contributed by atoms with Gasteiger partial charge in [-0.1, -0.05) is 28.3 Å². The lowest BCUT2D eigenvalue weighted by atomic mass is 10.2. The first-order valence-corrected chi connectivity index (χ1v) is 12.1. The SMILES string of the molecule is COCCN(CCOC)S(=O)(=O)c1ccc(C(=O)Nc2nnc(-c3ccc(Cl)cc3Cl)o2)cc1. The smallest absolute Gasteiger partial charge is 0.322 e. The molecule has 0 spiro atoms. The van der Waals surface area contributed by atoms with Crippen LogP contribution in [-0.4, -0.2) is 69.4 Å². The van der Waals surface area contributed by atoms with E-state index < -0.39 is 15.9 Å². The van der Waals surface area contributed by atoms with Crippen molar-refractivity contribution < 1.29 is 27.1 Å². The summed E-state index contributed by atoms with van der Waals surface area (Å²) in [5.41, 5.74) is 0.656. The third-order valence-corrected chi connectivity index (χ3v) is 7.11. The van der Waals surface area contributed by atoms with Crippen molar-refractivity contribution in [2.75, 3.05) is 45.8 Å². The Labute approximate surface area is 206 Å². The maximum Gasteiger partial charge on any atom is 0.322 e. The summed E-state index contributed by atoms with van der Waals surface area (Å²) in [6.45, 7) is 0.802. The van der Waals surface area contributed by atoms with E-state index in [4.69, 9.17) is 37.1 Å². The van der Waals surface area contributed by atoms with E-state index in [0.29, 0.717) is 15.6 Å². The lowest BCUT2D eigenvalue weighted by Crippen LogP contribution is -2.36. The average molecular weight is 529 g/mol. The molecule has 0 bridgehead atoms. The van der Waals surface area contributed by atoms with Crippen LogP contribution in [0.3, 0.4) is 0 Å². The van der Waals surface area contributed by atoms with Crippen LogP contribution in [-0.2, 0) is 19.5 Å². The Morgan fingerprint density at radius 1 is 1.03 bits per heavy atom. The molecule has 13 heteroatoms. The van der Waals surface area contributed by atoms with Crippen LogP contribution in [0.25, 0.3) is 11.5 Å². The molecule has 0 radical (unpaired) electrons. The van der Waals surface area contributed by atoms with Crippen molar-refractivity contribution in [3.8, 4) is 11.5 Å². The first-order valence-electron chi connectivity index (χ1n) is 9.94. The normalized spacial score (nSPS) is 11.7. The van der Waals surface area contributed by atoms with Crippen molar-refractivity contribution in [1.82, 2.24) is 14.5 Å². The summed E-state index contributed by atoms with van der Waals surface area (Å²) in [4.78, 5) is 12.6. The molecule has 1 N–H and O–H groups in total. The number of hydrogen-bond acceptors (Lipinski definition) is 8. The van der Waals surface area contributed by atoms with E-state index in [1.54, 1.807) is 12.1 Å². The highest BCUT2D eigenvalue weighted by Crippen LogP contribution is 2.30. The predicted octanol–water partition coefficient (Wildman–Crippen LogP) is 3.58. The predicted molar refractivity (Wildman–Crippen MR) is 127 cm³/mol. The number of hydrogen-bond donors (Lipinski definition) is 1. The molecule has 3 aromatic rings. The van der Waals surface area contributed by atoms with E-state index in [-0.39, 0.29) is 48.7 Å². The van der Waals surface area contributed by atoms with Gasteiger partial charge in [-0.25, -0.2) is 8.42 Å². The zero-order valence-corrected chi connectivity index (χ0v) is 20.7. The molecule has 3 rings (SSSR count). The minimum Gasteiger partial charge on any atom is -0.403 e. The number of methoxy groups -OCH3 is 2. The molecular weight excluding hydrogens is 507 g/mol. The lowest BCUT2D eigenvalue weighted by Gasteiger charge is -2.21. The Morgan fingerprint density at radius 3 is 2.26 bits per heavy atom. The second-order valence-corrected chi connectivity index (χ2v) is 9.69.